The van der Waals surface area contributed by atoms with E-state index in [4.69, 9.17) is 0 Å². The molecule has 1 fully saturated rings. The van der Waals surface area contributed by atoms with E-state index in [1.54, 1.807) is 4.68 Å². The number of hydrogen-bond donors (Lipinski definition) is 1. The van der Waals surface area contributed by atoms with Gasteiger partial charge in [-0.2, -0.15) is 5.10 Å². The monoisotopic (exact) mass is 350 g/mol. The van der Waals surface area contributed by atoms with Crippen LogP contribution in [0.25, 0.3) is 0 Å². The quantitative estimate of drug-likeness (QED) is 0.853. The lowest BCUT2D eigenvalue weighted by molar-refractivity contribution is -0.126. The van der Waals surface area contributed by atoms with Crippen molar-refractivity contribution < 1.29 is 13.2 Å². The Hall–Kier alpha value is -1.12. The number of aromatic nitrogens is 2. The molecule has 9 heteroatoms. The predicted molar refractivity (Wildman–Crippen MR) is 86.2 cm³/mol. The zero-order chi connectivity index (χ0) is 15.6. The molecule has 1 N–H and O–H groups in total. The normalized spacial score (nSPS) is 19.5. The van der Waals surface area contributed by atoms with Gasteiger partial charge in [0.1, 0.15) is 0 Å². The van der Waals surface area contributed by atoms with Crippen LogP contribution < -0.4 is 5.32 Å². The fraction of sp³-hybridized carbons (Fsp3) is 0.692. The maximum absolute atomic E-state index is 12.2. The molecule has 1 aliphatic rings. The standard InChI is InChI=1S/C13H22N4O3S.ClH/c1-10-7-12(15-16(10)2)8-14-13(18)11-5-4-6-17(9-11)21(3,19)20;/h7,11H,4-6,8-9H2,1-3H3,(H,14,18);1H. The molecule has 1 atom stereocenters. The van der Waals surface area contributed by atoms with Gasteiger partial charge in [-0.05, 0) is 25.8 Å². The second kappa shape index (κ2) is 7.43. The number of piperidine rings is 1. The number of carbonyl (C=O) groups excluding carboxylic acids is 1. The molecule has 1 aromatic heterocycles. The van der Waals surface area contributed by atoms with Gasteiger partial charge in [-0.25, -0.2) is 12.7 Å². The number of amides is 1. The summed E-state index contributed by atoms with van der Waals surface area (Å²) in [6.45, 7) is 3.09. The third kappa shape index (κ3) is 4.69. The Balaban J connectivity index is 0.00000242. The Labute approximate surface area is 137 Å². The first-order chi connectivity index (χ1) is 9.77. The first kappa shape index (κ1) is 18.9. The molecule has 126 valence electrons. The molecule has 1 aliphatic heterocycles. The maximum atomic E-state index is 12.2. The van der Waals surface area contributed by atoms with Crippen LogP contribution in [0, 0.1) is 12.8 Å². The summed E-state index contributed by atoms with van der Waals surface area (Å²) in [5.41, 5.74) is 1.83. The Morgan fingerprint density at radius 1 is 1.50 bits per heavy atom. The number of nitrogens with one attached hydrogen (secondary N) is 1. The first-order valence-corrected chi connectivity index (χ1v) is 8.84. The minimum atomic E-state index is -3.22. The van der Waals surface area contributed by atoms with E-state index in [0.717, 1.165) is 17.8 Å². The average molecular weight is 351 g/mol. The minimum Gasteiger partial charge on any atom is -0.350 e. The maximum Gasteiger partial charge on any atom is 0.224 e. The number of carbonyl (C=O) groups is 1. The van der Waals surface area contributed by atoms with Gasteiger partial charge in [-0.15, -0.1) is 12.4 Å². The molecule has 1 unspecified atom stereocenters. The lowest BCUT2D eigenvalue weighted by Crippen LogP contribution is -2.44. The minimum absolute atomic E-state index is 0. The Morgan fingerprint density at radius 2 is 2.18 bits per heavy atom. The highest BCUT2D eigenvalue weighted by atomic mass is 35.5. The van der Waals surface area contributed by atoms with Crippen LogP contribution in [-0.2, 0) is 28.4 Å². The summed E-state index contributed by atoms with van der Waals surface area (Å²) in [6.07, 6.45) is 2.62. The van der Waals surface area contributed by atoms with Crippen LogP contribution in [-0.4, -0.2) is 47.8 Å². The summed E-state index contributed by atoms with van der Waals surface area (Å²) < 4.78 is 26.2. The SMILES string of the molecule is Cc1cc(CNC(=O)C2CCCN(S(C)(=O)=O)C2)nn1C.Cl. The molecule has 2 rings (SSSR count). The van der Waals surface area contributed by atoms with E-state index in [1.165, 1.54) is 10.6 Å². The van der Waals surface area contributed by atoms with Gasteiger partial charge in [0.05, 0.1) is 24.4 Å². The average Bonchev–Trinajstić information content (AvgIpc) is 2.74. The van der Waals surface area contributed by atoms with Crippen LogP contribution >= 0.6 is 12.4 Å². The van der Waals surface area contributed by atoms with E-state index in [0.29, 0.717) is 19.5 Å². The van der Waals surface area contributed by atoms with Gasteiger partial charge in [-0.1, -0.05) is 0 Å². The van der Waals surface area contributed by atoms with Gasteiger partial charge < -0.3 is 5.32 Å². The Bertz CT molecular complexity index is 610. The van der Waals surface area contributed by atoms with Crippen molar-refractivity contribution in [2.45, 2.75) is 26.3 Å². The molecule has 1 aromatic rings. The van der Waals surface area contributed by atoms with Crippen LogP contribution in [0.5, 0.6) is 0 Å². The van der Waals surface area contributed by atoms with Gasteiger partial charge in [0, 0.05) is 25.8 Å². The number of sulfonamides is 1. The Morgan fingerprint density at radius 3 is 2.73 bits per heavy atom. The molecule has 1 amide bonds. The van der Waals surface area contributed by atoms with Crippen LogP contribution in [0.3, 0.4) is 0 Å². The van der Waals surface area contributed by atoms with Crippen molar-refractivity contribution >= 4 is 28.3 Å². The number of halogens is 1. The molecule has 0 aromatic carbocycles. The summed E-state index contributed by atoms with van der Waals surface area (Å²) in [7, 11) is -1.37. The van der Waals surface area contributed by atoms with Crippen molar-refractivity contribution in [3.63, 3.8) is 0 Å². The highest BCUT2D eigenvalue weighted by Crippen LogP contribution is 2.18. The fourth-order valence-electron chi connectivity index (χ4n) is 2.50. The van der Waals surface area contributed by atoms with E-state index < -0.39 is 10.0 Å². The largest absolute Gasteiger partial charge is 0.350 e. The predicted octanol–water partition coefficient (Wildman–Crippen LogP) is 0.438. The van der Waals surface area contributed by atoms with Gasteiger partial charge in [0.25, 0.3) is 0 Å². The van der Waals surface area contributed by atoms with E-state index in [9.17, 15) is 13.2 Å². The summed E-state index contributed by atoms with van der Waals surface area (Å²) in [5, 5.41) is 7.12. The number of hydrogen-bond acceptors (Lipinski definition) is 4. The molecule has 22 heavy (non-hydrogen) atoms. The molecule has 0 spiro atoms. The molecule has 0 aliphatic carbocycles. The van der Waals surface area contributed by atoms with Gasteiger partial charge in [0.15, 0.2) is 0 Å². The third-order valence-electron chi connectivity index (χ3n) is 3.83. The number of rotatable bonds is 4. The van der Waals surface area contributed by atoms with Crippen molar-refractivity contribution in [1.29, 1.82) is 0 Å². The summed E-state index contributed by atoms with van der Waals surface area (Å²) in [5.74, 6) is -0.384. The highest BCUT2D eigenvalue weighted by molar-refractivity contribution is 7.88. The van der Waals surface area contributed by atoms with Crippen molar-refractivity contribution in [2.24, 2.45) is 13.0 Å². The smallest absolute Gasteiger partial charge is 0.224 e. The zero-order valence-corrected chi connectivity index (χ0v) is 14.7. The van der Waals surface area contributed by atoms with E-state index in [2.05, 4.69) is 10.4 Å². The lowest BCUT2D eigenvalue weighted by Gasteiger charge is -2.30. The van der Waals surface area contributed by atoms with E-state index >= 15 is 0 Å². The van der Waals surface area contributed by atoms with Gasteiger partial charge in [0.2, 0.25) is 15.9 Å². The van der Waals surface area contributed by atoms with E-state index in [1.807, 2.05) is 20.0 Å². The third-order valence-corrected chi connectivity index (χ3v) is 5.10. The molecular formula is C13H23ClN4O3S. The molecule has 2 heterocycles. The second-order valence-corrected chi connectivity index (χ2v) is 7.56. The van der Waals surface area contributed by atoms with Crippen molar-refractivity contribution in [1.82, 2.24) is 19.4 Å². The van der Waals surface area contributed by atoms with Crippen LogP contribution in [0.2, 0.25) is 0 Å². The number of nitrogens with zero attached hydrogens (tertiary/aromatic N) is 3. The summed E-state index contributed by atoms with van der Waals surface area (Å²) in [4.78, 5) is 12.2. The lowest BCUT2D eigenvalue weighted by atomic mass is 9.99. The zero-order valence-electron chi connectivity index (χ0n) is 13.1. The van der Waals surface area contributed by atoms with Crippen molar-refractivity contribution in [3.05, 3.63) is 17.5 Å². The topological polar surface area (TPSA) is 84.3 Å². The molecular weight excluding hydrogens is 328 g/mol. The van der Waals surface area contributed by atoms with Crippen molar-refractivity contribution in [3.8, 4) is 0 Å². The summed E-state index contributed by atoms with van der Waals surface area (Å²) in [6, 6.07) is 1.92. The molecule has 0 bridgehead atoms. The van der Waals surface area contributed by atoms with Gasteiger partial charge in [-0.3, -0.25) is 9.48 Å². The highest BCUT2D eigenvalue weighted by Gasteiger charge is 2.30. The fourth-order valence-corrected chi connectivity index (χ4v) is 3.41. The van der Waals surface area contributed by atoms with Crippen LogP contribution in [0.4, 0.5) is 0 Å². The molecule has 0 saturated carbocycles. The van der Waals surface area contributed by atoms with E-state index in [-0.39, 0.29) is 30.8 Å². The second-order valence-electron chi connectivity index (χ2n) is 5.58. The summed E-state index contributed by atoms with van der Waals surface area (Å²) >= 11 is 0. The van der Waals surface area contributed by atoms with Crippen LogP contribution in [0.1, 0.15) is 24.2 Å². The Kier molecular flexibility index (Phi) is 6.39. The molecule has 7 nitrogen and oxygen atoms in total. The molecule has 0 radical (unpaired) electrons. The first-order valence-electron chi connectivity index (χ1n) is 6.99. The molecule has 1 saturated heterocycles. The van der Waals surface area contributed by atoms with Crippen molar-refractivity contribution in [2.75, 3.05) is 19.3 Å². The van der Waals surface area contributed by atoms with Crippen LogP contribution in [0.15, 0.2) is 6.07 Å². The number of aryl methyl sites for hydroxylation is 2. The van der Waals surface area contributed by atoms with Gasteiger partial charge >= 0.3 is 0 Å².